The fourth-order valence-electron chi connectivity index (χ4n) is 1.83. The molecule has 1 saturated carbocycles. The number of hydrogen-bond donors (Lipinski definition) is 1. The summed E-state index contributed by atoms with van der Waals surface area (Å²) in [4.78, 5) is 16.3. The lowest BCUT2D eigenvalue weighted by Gasteiger charge is -2.25. The third-order valence-electron chi connectivity index (χ3n) is 3.04. The molecule has 1 aliphatic rings. The van der Waals surface area contributed by atoms with Crippen molar-refractivity contribution in [2.75, 3.05) is 6.54 Å². The normalized spacial score (nSPS) is 15.0. The van der Waals surface area contributed by atoms with Crippen LogP contribution in [0, 0.1) is 10.1 Å². The van der Waals surface area contributed by atoms with Gasteiger partial charge in [0, 0.05) is 25.3 Å². The molecular weight excluding hydrogens is 280 g/mol. The average molecular weight is 297 g/mol. The van der Waals surface area contributed by atoms with Gasteiger partial charge in [-0.2, -0.15) is 0 Å². The summed E-state index contributed by atoms with van der Waals surface area (Å²) in [5, 5.41) is 14.4. The van der Waals surface area contributed by atoms with Crippen molar-refractivity contribution in [3.8, 4) is 0 Å². The second kappa shape index (κ2) is 6.56. The van der Waals surface area contributed by atoms with E-state index in [0.29, 0.717) is 30.1 Å². The lowest BCUT2D eigenvalue weighted by molar-refractivity contribution is -0.404. The van der Waals surface area contributed by atoms with E-state index in [2.05, 4.69) is 10.3 Å². The van der Waals surface area contributed by atoms with Crippen molar-refractivity contribution in [3.63, 3.8) is 0 Å². The zero-order chi connectivity index (χ0) is 14.5. The number of rotatable bonds is 7. The van der Waals surface area contributed by atoms with Gasteiger partial charge >= 0.3 is 0 Å². The van der Waals surface area contributed by atoms with Crippen molar-refractivity contribution in [2.24, 2.45) is 0 Å². The molecule has 1 aromatic heterocycles. The SMILES string of the molecule is CCN(Cc1ccc(Cl)nc1)/C(=C\[N+](=O)[O-])NC1CC1. The highest BCUT2D eigenvalue weighted by atomic mass is 35.5. The molecule has 0 radical (unpaired) electrons. The predicted octanol–water partition coefficient (Wildman–Crippen LogP) is 2.38. The fourth-order valence-corrected chi connectivity index (χ4v) is 1.95. The molecule has 2 rings (SSSR count). The van der Waals surface area contributed by atoms with Crippen LogP contribution in [0.15, 0.2) is 30.4 Å². The van der Waals surface area contributed by atoms with E-state index in [1.54, 1.807) is 12.3 Å². The molecule has 7 heteroatoms. The zero-order valence-corrected chi connectivity index (χ0v) is 12.0. The first-order valence-corrected chi connectivity index (χ1v) is 6.93. The summed E-state index contributed by atoms with van der Waals surface area (Å²) in [5.41, 5.74) is 0.961. The molecule has 1 aliphatic carbocycles. The van der Waals surface area contributed by atoms with Crippen molar-refractivity contribution < 1.29 is 4.92 Å². The van der Waals surface area contributed by atoms with Gasteiger partial charge in [0.05, 0.1) is 4.92 Å². The molecule has 0 spiro atoms. The maximum atomic E-state index is 10.8. The van der Waals surface area contributed by atoms with Crippen LogP contribution in [0.2, 0.25) is 5.15 Å². The first-order valence-electron chi connectivity index (χ1n) is 6.55. The van der Waals surface area contributed by atoms with Gasteiger partial charge in [0.25, 0.3) is 6.20 Å². The Hall–Kier alpha value is -1.82. The van der Waals surface area contributed by atoms with Crippen LogP contribution in [0.25, 0.3) is 0 Å². The van der Waals surface area contributed by atoms with Gasteiger partial charge in [-0.15, -0.1) is 0 Å². The van der Waals surface area contributed by atoms with E-state index in [-0.39, 0.29) is 0 Å². The highest BCUT2D eigenvalue weighted by Crippen LogP contribution is 2.22. The van der Waals surface area contributed by atoms with Crippen LogP contribution in [-0.2, 0) is 6.54 Å². The molecule has 20 heavy (non-hydrogen) atoms. The van der Waals surface area contributed by atoms with Gasteiger partial charge in [-0.1, -0.05) is 17.7 Å². The number of pyridine rings is 1. The summed E-state index contributed by atoms with van der Waals surface area (Å²) in [7, 11) is 0. The Morgan fingerprint density at radius 3 is 2.90 bits per heavy atom. The second-order valence-electron chi connectivity index (χ2n) is 4.72. The fraction of sp³-hybridized carbons (Fsp3) is 0.462. The summed E-state index contributed by atoms with van der Waals surface area (Å²) in [6, 6.07) is 3.95. The van der Waals surface area contributed by atoms with Gasteiger partial charge < -0.3 is 10.2 Å². The first kappa shape index (κ1) is 14.6. The number of aromatic nitrogens is 1. The van der Waals surface area contributed by atoms with Crippen LogP contribution in [0.3, 0.4) is 0 Å². The molecule has 0 unspecified atom stereocenters. The highest BCUT2D eigenvalue weighted by molar-refractivity contribution is 6.29. The lowest BCUT2D eigenvalue weighted by Crippen LogP contribution is -2.33. The number of halogens is 1. The number of hydrogen-bond acceptors (Lipinski definition) is 5. The van der Waals surface area contributed by atoms with Gasteiger partial charge in [0.15, 0.2) is 5.82 Å². The third-order valence-corrected chi connectivity index (χ3v) is 3.27. The molecule has 0 aromatic carbocycles. The summed E-state index contributed by atoms with van der Waals surface area (Å²) >= 11 is 5.75. The maximum absolute atomic E-state index is 10.8. The van der Waals surface area contributed by atoms with E-state index in [4.69, 9.17) is 11.6 Å². The molecule has 0 saturated heterocycles. The zero-order valence-electron chi connectivity index (χ0n) is 11.3. The molecule has 1 heterocycles. The predicted molar refractivity (Wildman–Crippen MR) is 76.6 cm³/mol. The summed E-state index contributed by atoms with van der Waals surface area (Å²) in [5.74, 6) is 0.551. The molecule has 6 nitrogen and oxygen atoms in total. The molecule has 1 N–H and O–H groups in total. The van der Waals surface area contributed by atoms with E-state index in [9.17, 15) is 10.1 Å². The Labute approximate surface area is 122 Å². The molecule has 0 bridgehead atoms. The molecule has 0 amide bonds. The largest absolute Gasteiger partial charge is 0.364 e. The van der Waals surface area contributed by atoms with Crippen LogP contribution in [0.1, 0.15) is 25.3 Å². The third kappa shape index (κ3) is 4.38. The standard InChI is InChI=1S/C13H17ClN4O2/c1-2-17(8-10-3-6-12(14)15-7-10)13(9-18(19)20)16-11-4-5-11/h3,6-7,9,11,16H,2,4-5,8H2,1H3/b13-9-. The minimum atomic E-state index is -0.423. The molecular formula is C13H17ClN4O2. The Bertz CT molecular complexity index is 500. The summed E-state index contributed by atoms with van der Waals surface area (Å²) in [6.45, 7) is 3.19. The quantitative estimate of drug-likeness (QED) is 0.475. The van der Waals surface area contributed by atoms with Gasteiger partial charge in [0.2, 0.25) is 0 Å². The second-order valence-corrected chi connectivity index (χ2v) is 5.11. The van der Waals surface area contributed by atoms with Crippen LogP contribution in [0.5, 0.6) is 0 Å². The van der Waals surface area contributed by atoms with Crippen LogP contribution in [0.4, 0.5) is 0 Å². The van der Waals surface area contributed by atoms with Gasteiger partial charge in [-0.05, 0) is 31.4 Å². The molecule has 1 fully saturated rings. The number of nitrogens with zero attached hydrogens (tertiary/aromatic N) is 3. The van der Waals surface area contributed by atoms with Gasteiger partial charge in [-0.3, -0.25) is 10.1 Å². The molecule has 0 aliphatic heterocycles. The van der Waals surface area contributed by atoms with Crippen LogP contribution >= 0.6 is 11.6 Å². The Balaban J connectivity index is 2.10. The Morgan fingerprint density at radius 2 is 2.40 bits per heavy atom. The monoisotopic (exact) mass is 296 g/mol. The van der Waals surface area contributed by atoms with Crippen molar-refractivity contribution >= 4 is 11.6 Å². The van der Waals surface area contributed by atoms with Crippen molar-refractivity contribution in [1.29, 1.82) is 0 Å². The van der Waals surface area contributed by atoms with Crippen LogP contribution in [-0.4, -0.2) is 27.4 Å². The first-order chi connectivity index (χ1) is 9.58. The Morgan fingerprint density at radius 1 is 1.65 bits per heavy atom. The van der Waals surface area contributed by atoms with Crippen LogP contribution < -0.4 is 5.32 Å². The van der Waals surface area contributed by atoms with E-state index >= 15 is 0 Å². The van der Waals surface area contributed by atoms with Crippen molar-refractivity contribution in [1.82, 2.24) is 15.2 Å². The van der Waals surface area contributed by atoms with E-state index in [1.165, 1.54) is 0 Å². The minimum Gasteiger partial charge on any atom is -0.364 e. The van der Waals surface area contributed by atoms with Crippen molar-refractivity contribution in [3.05, 3.63) is 51.2 Å². The Kier molecular flexibility index (Phi) is 4.79. The smallest absolute Gasteiger partial charge is 0.274 e. The molecule has 108 valence electrons. The topological polar surface area (TPSA) is 71.3 Å². The highest BCUT2D eigenvalue weighted by Gasteiger charge is 2.25. The van der Waals surface area contributed by atoms with Gasteiger partial charge in [-0.25, -0.2) is 4.98 Å². The number of nitrogens with one attached hydrogen (secondary N) is 1. The van der Waals surface area contributed by atoms with E-state index in [0.717, 1.165) is 24.6 Å². The lowest BCUT2D eigenvalue weighted by atomic mass is 10.2. The summed E-state index contributed by atoms with van der Waals surface area (Å²) in [6.07, 6.45) is 4.85. The average Bonchev–Trinajstić information content (AvgIpc) is 3.21. The molecule has 1 aromatic rings. The van der Waals surface area contributed by atoms with E-state index < -0.39 is 4.92 Å². The maximum Gasteiger partial charge on any atom is 0.274 e. The summed E-state index contributed by atoms with van der Waals surface area (Å²) < 4.78 is 0. The molecule has 0 atom stereocenters. The minimum absolute atomic E-state index is 0.360. The van der Waals surface area contributed by atoms with E-state index in [1.807, 2.05) is 17.9 Å². The van der Waals surface area contributed by atoms with Gasteiger partial charge in [0.1, 0.15) is 5.15 Å². The van der Waals surface area contributed by atoms with Crippen molar-refractivity contribution in [2.45, 2.75) is 32.4 Å². The number of nitro groups is 1.